The largest absolute Gasteiger partial charge is 0.379 e. The molecule has 156 valence electrons. The van der Waals surface area contributed by atoms with Crippen molar-refractivity contribution in [2.24, 2.45) is 5.92 Å². The second kappa shape index (κ2) is 9.97. The summed E-state index contributed by atoms with van der Waals surface area (Å²) < 4.78 is 6.44. The zero-order valence-electron chi connectivity index (χ0n) is 16.3. The molecule has 2 aliphatic heterocycles. The summed E-state index contributed by atoms with van der Waals surface area (Å²) in [5.74, 6) is 1.16. The highest BCUT2D eigenvalue weighted by Crippen LogP contribution is 2.30. The molecule has 0 aliphatic carbocycles. The number of anilines is 1. The molecule has 0 atom stereocenters. The zero-order valence-corrected chi connectivity index (χ0v) is 18.8. The molecule has 2 aromatic heterocycles. The number of ether oxygens (including phenoxy) is 1. The van der Waals surface area contributed by atoms with Gasteiger partial charge in [-0.3, -0.25) is 9.69 Å². The molecule has 0 spiro atoms. The van der Waals surface area contributed by atoms with Gasteiger partial charge in [-0.15, -0.1) is 21.5 Å². The number of nitrogens with zero attached hydrogens (tertiary/aromatic N) is 4. The Balaban J connectivity index is 1.22. The van der Waals surface area contributed by atoms with Gasteiger partial charge in [0.1, 0.15) is 5.69 Å². The Morgan fingerprint density at radius 3 is 2.59 bits per heavy atom. The van der Waals surface area contributed by atoms with Crippen molar-refractivity contribution in [3.8, 4) is 10.6 Å². The highest BCUT2D eigenvalue weighted by molar-refractivity contribution is 9.11. The number of halogens is 1. The Hall–Kier alpha value is -1.55. The van der Waals surface area contributed by atoms with Crippen LogP contribution in [0.15, 0.2) is 28.1 Å². The standard InChI is InChI=1S/C20H26BrN5O2S/c21-18-3-2-17(29-18)16-1-4-19(24-23-16)26-8-5-15(6-9-26)20(27)22-7-10-25-11-13-28-14-12-25/h1-4,15H,5-14H2,(H,22,27). The van der Waals surface area contributed by atoms with Crippen molar-refractivity contribution in [3.05, 3.63) is 28.1 Å². The maximum atomic E-state index is 12.5. The van der Waals surface area contributed by atoms with E-state index in [0.717, 1.165) is 79.0 Å². The SMILES string of the molecule is O=C(NCCN1CCOCC1)C1CCN(c2ccc(-c3ccc(Br)s3)nn2)CC1. The fourth-order valence-corrected chi connectivity index (χ4v) is 5.11. The van der Waals surface area contributed by atoms with Gasteiger partial charge in [0.2, 0.25) is 5.91 Å². The van der Waals surface area contributed by atoms with Crippen LogP contribution < -0.4 is 10.2 Å². The summed E-state index contributed by atoms with van der Waals surface area (Å²) in [6, 6.07) is 8.11. The van der Waals surface area contributed by atoms with Crippen LogP contribution in [0.2, 0.25) is 0 Å². The van der Waals surface area contributed by atoms with Crippen molar-refractivity contribution in [1.29, 1.82) is 0 Å². The number of hydrogen-bond donors (Lipinski definition) is 1. The Morgan fingerprint density at radius 2 is 1.93 bits per heavy atom. The van der Waals surface area contributed by atoms with Crippen LogP contribution >= 0.6 is 27.3 Å². The topological polar surface area (TPSA) is 70.6 Å². The lowest BCUT2D eigenvalue weighted by Gasteiger charge is -2.32. The molecule has 4 rings (SSSR count). The first-order chi connectivity index (χ1) is 14.2. The van der Waals surface area contributed by atoms with Crippen LogP contribution in [0.5, 0.6) is 0 Å². The molecule has 1 amide bonds. The molecule has 0 unspecified atom stereocenters. The van der Waals surface area contributed by atoms with Crippen LogP contribution in [0.4, 0.5) is 5.82 Å². The number of hydrogen-bond acceptors (Lipinski definition) is 7. The highest BCUT2D eigenvalue weighted by atomic mass is 79.9. The van der Waals surface area contributed by atoms with E-state index in [1.165, 1.54) is 0 Å². The molecule has 7 nitrogen and oxygen atoms in total. The molecule has 2 saturated heterocycles. The quantitative estimate of drug-likeness (QED) is 0.686. The fourth-order valence-electron chi connectivity index (χ4n) is 3.75. The molecule has 29 heavy (non-hydrogen) atoms. The number of piperidine rings is 1. The van der Waals surface area contributed by atoms with E-state index in [1.807, 2.05) is 24.3 Å². The Labute approximate surface area is 183 Å². The first kappa shape index (κ1) is 20.7. The Morgan fingerprint density at radius 1 is 1.14 bits per heavy atom. The number of aromatic nitrogens is 2. The van der Waals surface area contributed by atoms with Gasteiger partial charge in [-0.1, -0.05) is 0 Å². The summed E-state index contributed by atoms with van der Waals surface area (Å²) in [4.78, 5) is 18.1. The maximum absolute atomic E-state index is 12.5. The van der Waals surface area contributed by atoms with Crippen molar-refractivity contribution in [1.82, 2.24) is 20.4 Å². The number of carbonyl (C=O) groups is 1. The van der Waals surface area contributed by atoms with Crippen LogP contribution in [-0.2, 0) is 9.53 Å². The van der Waals surface area contributed by atoms with Crippen molar-refractivity contribution < 1.29 is 9.53 Å². The predicted molar refractivity (Wildman–Crippen MR) is 118 cm³/mol. The van der Waals surface area contributed by atoms with Crippen molar-refractivity contribution in [3.63, 3.8) is 0 Å². The predicted octanol–water partition coefficient (Wildman–Crippen LogP) is 2.63. The minimum Gasteiger partial charge on any atom is -0.379 e. The molecule has 0 aromatic carbocycles. The van der Waals surface area contributed by atoms with E-state index >= 15 is 0 Å². The minimum atomic E-state index is 0.0895. The lowest BCUT2D eigenvalue weighted by Crippen LogP contribution is -2.44. The van der Waals surface area contributed by atoms with E-state index in [4.69, 9.17) is 4.74 Å². The molecule has 0 radical (unpaired) electrons. The van der Waals surface area contributed by atoms with E-state index in [2.05, 4.69) is 41.2 Å². The smallest absolute Gasteiger partial charge is 0.223 e. The second-order valence-corrected chi connectivity index (χ2v) is 9.85. The summed E-state index contributed by atoms with van der Waals surface area (Å²) >= 11 is 5.13. The third-order valence-corrected chi connectivity index (χ3v) is 7.14. The van der Waals surface area contributed by atoms with Crippen LogP contribution in [0.25, 0.3) is 10.6 Å². The molecule has 4 heterocycles. The lowest BCUT2D eigenvalue weighted by molar-refractivity contribution is -0.125. The van der Waals surface area contributed by atoms with Gasteiger partial charge in [0, 0.05) is 45.2 Å². The van der Waals surface area contributed by atoms with Gasteiger partial charge in [0.05, 0.1) is 21.9 Å². The molecule has 0 saturated carbocycles. The van der Waals surface area contributed by atoms with Crippen LogP contribution in [0.3, 0.4) is 0 Å². The van der Waals surface area contributed by atoms with Gasteiger partial charge in [-0.25, -0.2) is 0 Å². The third-order valence-electron chi connectivity index (χ3n) is 5.50. The molecular weight excluding hydrogens is 454 g/mol. The summed E-state index contributed by atoms with van der Waals surface area (Å²) in [6.07, 6.45) is 1.70. The number of nitrogens with one attached hydrogen (secondary N) is 1. The first-order valence-corrected chi connectivity index (χ1v) is 11.7. The lowest BCUT2D eigenvalue weighted by atomic mass is 9.96. The molecule has 2 fully saturated rings. The summed E-state index contributed by atoms with van der Waals surface area (Å²) in [5.41, 5.74) is 0.888. The van der Waals surface area contributed by atoms with E-state index in [1.54, 1.807) is 11.3 Å². The van der Waals surface area contributed by atoms with Gasteiger partial charge in [-0.2, -0.15) is 0 Å². The summed E-state index contributed by atoms with van der Waals surface area (Å²) in [5, 5.41) is 11.9. The average molecular weight is 480 g/mol. The Bertz CT molecular complexity index is 801. The summed E-state index contributed by atoms with van der Waals surface area (Å²) in [7, 11) is 0. The van der Waals surface area contributed by atoms with Gasteiger partial charge in [-0.05, 0) is 53.0 Å². The van der Waals surface area contributed by atoms with Crippen molar-refractivity contribution in [2.45, 2.75) is 12.8 Å². The molecule has 9 heteroatoms. The van der Waals surface area contributed by atoms with Gasteiger partial charge >= 0.3 is 0 Å². The molecule has 2 aliphatic rings. The highest BCUT2D eigenvalue weighted by Gasteiger charge is 2.25. The second-order valence-electron chi connectivity index (χ2n) is 7.39. The zero-order chi connectivity index (χ0) is 20.1. The molecule has 2 aromatic rings. The number of rotatable bonds is 6. The summed E-state index contributed by atoms with van der Waals surface area (Å²) in [6.45, 7) is 6.78. The van der Waals surface area contributed by atoms with Crippen LogP contribution in [-0.4, -0.2) is 73.5 Å². The van der Waals surface area contributed by atoms with Gasteiger partial charge in [0.25, 0.3) is 0 Å². The van der Waals surface area contributed by atoms with E-state index in [0.29, 0.717) is 6.54 Å². The average Bonchev–Trinajstić information content (AvgIpc) is 3.21. The number of amides is 1. The monoisotopic (exact) mass is 479 g/mol. The Kier molecular flexibility index (Phi) is 7.12. The van der Waals surface area contributed by atoms with Gasteiger partial charge < -0.3 is 15.0 Å². The van der Waals surface area contributed by atoms with E-state index in [-0.39, 0.29) is 11.8 Å². The van der Waals surface area contributed by atoms with Crippen LogP contribution in [0, 0.1) is 5.92 Å². The molecule has 0 bridgehead atoms. The van der Waals surface area contributed by atoms with E-state index in [9.17, 15) is 4.79 Å². The van der Waals surface area contributed by atoms with E-state index < -0.39 is 0 Å². The molecular formula is C20H26BrN5O2S. The fraction of sp³-hybridized carbons (Fsp3) is 0.550. The van der Waals surface area contributed by atoms with Crippen molar-refractivity contribution >= 4 is 39.0 Å². The maximum Gasteiger partial charge on any atom is 0.223 e. The minimum absolute atomic E-state index is 0.0895. The number of thiophene rings is 1. The normalized spacial score (nSPS) is 18.7. The molecule has 1 N–H and O–H groups in total. The number of morpholine rings is 1. The number of carbonyl (C=O) groups excluding carboxylic acids is 1. The first-order valence-electron chi connectivity index (χ1n) is 10.1. The van der Waals surface area contributed by atoms with Crippen molar-refractivity contribution in [2.75, 3.05) is 57.4 Å². The third kappa shape index (κ3) is 5.53. The van der Waals surface area contributed by atoms with Gasteiger partial charge in [0.15, 0.2) is 5.82 Å². The van der Waals surface area contributed by atoms with Crippen LogP contribution in [0.1, 0.15) is 12.8 Å².